The number of halogens is 1. The van der Waals surface area contributed by atoms with E-state index in [2.05, 4.69) is 0 Å². The van der Waals surface area contributed by atoms with E-state index in [1.165, 1.54) is 35.0 Å². The highest BCUT2D eigenvalue weighted by Gasteiger charge is 2.12. The lowest BCUT2D eigenvalue weighted by molar-refractivity contribution is -0.384. The highest BCUT2D eigenvalue weighted by atomic mass is 35.5. The molecule has 0 aliphatic heterocycles. The molecule has 0 unspecified atom stereocenters. The zero-order valence-corrected chi connectivity index (χ0v) is 10.4. The summed E-state index contributed by atoms with van der Waals surface area (Å²) in [5.74, 6) is 0. The van der Waals surface area contributed by atoms with Crippen molar-refractivity contribution >= 4 is 17.3 Å². The summed E-state index contributed by atoms with van der Waals surface area (Å²) in [5, 5.41) is 19.7. The topological polar surface area (TPSA) is 85.4 Å². The van der Waals surface area contributed by atoms with Gasteiger partial charge in [0.2, 0.25) is 0 Å². The molecule has 0 amide bonds. The molecule has 0 radical (unpaired) electrons. The van der Waals surface area contributed by atoms with Crippen LogP contribution in [0.15, 0.2) is 41.3 Å². The van der Waals surface area contributed by atoms with Crippen molar-refractivity contribution in [2.45, 2.75) is 6.61 Å². The smallest absolute Gasteiger partial charge is 0.271 e. The van der Waals surface area contributed by atoms with Crippen molar-refractivity contribution in [2.24, 2.45) is 0 Å². The minimum absolute atomic E-state index is 0.0892. The van der Waals surface area contributed by atoms with Crippen LogP contribution in [-0.2, 0) is 6.61 Å². The van der Waals surface area contributed by atoms with E-state index in [9.17, 15) is 14.9 Å². The Morgan fingerprint density at radius 3 is 2.68 bits per heavy atom. The quantitative estimate of drug-likeness (QED) is 0.687. The van der Waals surface area contributed by atoms with Crippen molar-refractivity contribution in [1.29, 1.82) is 0 Å². The minimum atomic E-state index is -0.567. The molecular formula is C12H9ClN2O4. The van der Waals surface area contributed by atoms with Gasteiger partial charge in [0.1, 0.15) is 0 Å². The van der Waals surface area contributed by atoms with E-state index in [0.717, 1.165) is 0 Å². The first-order chi connectivity index (χ1) is 9.04. The third kappa shape index (κ3) is 2.49. The van der Waals surface area contributed by atoms with Crippen LogP contribution in [0.4, 0.5) is 5.69 Å². The molecule has 1 heterocycles. The maximum absolute atomic E-state index is 12.0. The Morgan fingerprint density at radius 1 is 1.37 bits per heavy atom. The van der Waals surface area contributed by atoms with E-state index in [4.69, 9.17) is 16.7 Å². The van der Waals surface area contributed by atoms with E-state index in [1.54, 1.807) is 6.07 Å². The fourth-order valence-corrected chi connectivity index (χ4v) is 1.92. The van der Waals surface area contributed by atoms with Crippen molar-refractivity contribution < 1.29 is 10.0 Å². The maximum atomic E-state index is 12.0. The number of pyridine rings is 1. The maximum Gasteiger partial charge on any atom is 0.271 e. The number of aliphatic hydroxyl groups excluding tert-OH is 1. The van der Waals surface area contributed by atoms with Crippen LogP contribution in [0, 0.1) is 10.1 Å². The Bertz CT molecular complexity index is 696. The summed E-state index contributed by atoms with van der Waals surface area (Å²) >= 11 is 5.95. The summed E-state index contributed by atoms with van der Waals surface area (Å²) in [6, 6.07) is 6.92. The Kier molecular flexibility index (Phi) is 3.64. The lowest BCUT2D eigenvalue weighted by Gasteiger charge is -2.08. The fraction of sp³-hybridized carbons (Fsp3) is 0.0833. The highest BCUT2D eigenvalue weighted by molar-refractivity contribution is 6.32. The van der Waals surface area contributed by atoms with Gasteiger partial charge in [-0.25, -0.2) is 0 Å². The number of non-ortho nitro benzene ring substituents is 1. The molecule has 0 atom stereocenters. The molecular weight excluding hydrogens is 272 g/mol. The number of aliphatic hydroxyl groups is 1. The normalized spacial score (nSPS) is 10.4. The van der Waals surface area contributed by atoms with Gasteiger partial charge in [-0.1, -0.05) is 11.6 Å². The van der Waals surface area contributed by atoms with Gasteiger partial charge in [0, 0.05) is 23.9 Å². The van der Waals surface area contributed by atoms with E-state index >= 15 is 0 Å². The third-order valence-corrected chi connectivity index (χ3v) is 2.90. The zero-order valence-electron chi connectivity index (χ0n) is 9.62. The molecule has 2 aromatic rings. The number of nitro benzene ring substituents is 1. The van der Waals surface area contributed by atoms with E-state index in [0.29, 0.717) is 5.69 Å². The molecule has 0 saturated carbocycles. The predicted octanol–water partition coefficient (Wildman–Crippen LogP) is 1.89. The molecule has 6 nitrogen and oxygen atoms in total. The van der Waals surface area contributed by atoms with Crippen LogP contribution in [0.1, 0.15) is 5.56 Å². The lowest BCUT2D eigenvalue weighted by Crippen LogP contribution is -2.21. The Morgan fingerprint density at radius 2 is 2.11 bits per heavy atom. The molecule has 98 valence electrons. The molecule has 0 spiro atoms. The molecule has 1 N–H and O–H groups in total. The SMILES string of the molecule is O=c1c(CO)cccn1-c1ccc([N+](=O)[O-])cc1Cl. The van der Waals surface area contributed by atoms with Crippen LogP contribution in [0.2, 0.25) is 5.02 Å². The van der Waals surface area contributed by atoms with Gasteiger partial charge in [-0.2, -0.15) is 0 Å². The van der Waals surface area contributed by atoms with Crippen LogP contribution in [0.5, 0.6) is 0 Å². The predicted molar refractivity (Wildman–Crippen MR) is 69.6 cm³/mol. The number of nitrogens with zero attached hydrogens (tertiary/aromatic N) is 2. The second kappa shape index (κ2) is 5.21. The molecule has 0 bridgehead atoms. The number of aromatic nitrogens is 1. The van der Waals surface area contributed by atoms with E-state index in [-0.39, 0.29) is 22.9 Å². The number of hydrogen-bond donors (Lipinski definition) is 1. The van der Waals surface area contributed by atoms with Gasteiger partial charge < -0.3 is 5.11 Å². The summed E-state index contributed by atoms with van der Waals surface area (Å²) in [6.07, 6.45) is 1.48. The summed E-state index contributed by atoms with van der Waals surface area (Å²) in [6.45, 7) is -0.385. The second-order valence-electron chi connectivity index (χ2n) is 3.76. The molecule has 0 saturated heterocycles. The zero-order chi connectivity index (χ0) is 14.0. The summed E-state index contributed by atoms with van der Waals surface area (Å²) in [7, 11) is 0. The van der Waals surface area contributed by atoms with Crippen LogP contribution >= 0.6 is 11.6 Å². The first-order valence-corrected chi connectivity index (χ1v) is 5.68. The molecule has 1 aromatic carbocycles. The van der Waals surface area contributed by atoms with Crippen molar-refractivity contribution in [3.8, 4) is 5.69 Å². The van der Waals surface area contributed by atoms with Gasteiger partial charge in [-0.3, -0.25) is 19.5 Å². The number of benzene rings is 1. The summed E-state index contributed by atoms with van der Waals surface area (Å²) in [5.41, 5.74) is -0.0228. The van der Waals surface area contributed by atoms with Gasteiger partial charge in [-0.05, 0) is 18.2 Å². The molecule has 19 heavy (non-hydrogen) atoms. The summed E-state index contributed by atoms with van der Waals surface area (Å²) < 4.78 is 1.23. The van der Waals surface area contributed by atoms with Crippen LogP contribution in [-0.4, -0.2) is 14.6 Å². The first kappa shape index (κ1) is 13.3. The summed E-state index contributed by atoms with van der Waals surface area (Å²) in [4.78, 5) is 22.0. The molecule has 2 rings (SSSR count). The van der Waals surface area contributed by atoms with Crippen molar-refractivity contribution in [1.82, 2.24) is 4.57 Å². The van der Waals surface area contributed by atoms with Gasteiger partial charge >= 0.3 is 0 Å². The fourth-order valence-electron chi connectivity index (χ4n) is 1.65. The van der Waals surface area contributed by atoms with Gasteiger partial charge in [0.15, 0.2) is 0 Å². The average Bonchev–Trinajstić information content (AvgIpc) is 2.39. The van der Waals surface area contributed by atoms with E-state index < -0.39 is 10.5 Å². The number of hydrogen-bond acceptors (Lipinski definition) is 4. The monoisotopic (exact) mass is 280 g/mol. The van der Waals surface area contributed by atoms with Gasteiger partial charge in [0.05, 0.1) is 22.2 Å². The van der Waals surface area contributed by atoms with Crippen molar-refractivity contribution in [3.63, 3.8) is 0 Å². The number of rotatable bonds is 3. The van der Waals surface area contributed by atoms with Crippen LogP contribution in [0.3, 0.4) is 0 Å². The molecule has 0 aliphatic rings. The van der Waals surface area contributed by atoms with E-state index in [1.807, 2.05) is 0 Å². The lowest BCUT2D eigenvalue weighted by atomic mass is 10.2. The number of nitro groups is 1. The second-order valence-corrected chi connectivity index (χ2v) is 4.17. The average molecular weight is 281 g/mol. The highest BCUT2D eigenvalue weighted by Crippen LogP contribution is 2.24. The van der Waals surface area contributed by atoms with Crippen LogP contribution in [0.25, 0.3) is 5.69 Å². The van der Waals surface area contributed by atoms with Gasteiger partial charge in [0.25, 0.3) is 11.2 Å². The van der Waals surface area contributed by atoms with Crippen LogP contribution < -0.4 is 5.56 Å². The molecule has 0 aliphatic carbocycles. The largest absolute Gasteiger partial charge is 0.391 e. The Hall–Kier alpha value is -2.18. The molecule has 1 aromatic heterocycles. The molecule has 0 fully saturated rings. The standard InChI is InChI=1S/C12H9ClN2O4/c13-10-6-9(15(18)19)3-4-11(10)14-5-1-2-8(7-16)12(14)17/h1-6,16H,7H2. The van der Waals surface area contributed by atoms with Crippen molar-refractivity contribution in [3.05, 3.63) is 67.6 Å². The first-order valence-electron chi connectivity index (χ1n) is 5.30. The molecule has 7 heteroatoms. The third-order valence-electron chi connectivity index (χ3n) is 2.60. The Balaban J connectivity index is 2.60. The van der Waals surface area contributed by atoms with Gasteiger partial charge in [-0.15, -0.1) is 0 Å². The Labute approximate surface area is 112 Å². The minimum Gasteiger partial charge on any atom is -0.391 e. The van der Waals surface area contributed by atoms with Crippen molar-refractivity contribution in [2.75, 3.05) is 0 Å².